The number of aromatic nitrogens is 5. The van der Waals surface area contributed by atoms with Crippen molar-refractivity contribution >= 4 is 22.8 Å². The average molecular weight is 393 g/mol. The van der Waals surface area contributed by atoms with Crippen LogP contribution in [0.2, 0.25) is 0 Å². The molecule has 0 atom stereocenters. The molecule has 148 valence electrons. The van der Waals surface area contributed by atoms with E-state index in [-0.39, 0.29) is 12.5 Å². The highest BCUT2D eigenvalue weighted by atomic mass is 16.4. The first-order valence-corrected chi connectivity index (χ1v) is 9.05. The molecule has 1 aromatic carbocycles. The Morgan fingerprint density at radius 1 is 1.17 bits per heavy atom. The maximum Gasteiger partial charge on any atom is 0.420 e. The van der Waals surface area contributed by atoms with E-state index in [1.807, 2.05) is 6.07 Å². The Kier molecular flexibility index (Phi) is 5.06. The fourth-order valence-corrected chi connectivity index (χ4v) is 2.92. The first-order chi connectivity index (χ1) is 14.1. The first-order valence-electron chi connectivity index (χ1n) is 9.05. The number of aryl methyl sites for hydroxylation is 1. The molecule has 0 unspecified atom stereocenters. The minimum absolute atomic E-state index is 0.105. The minimum Gasteiger partial charge on any atom is -0.408 e. The summed E-state index contributed by atoms with van der Waals surface area (Å²) in [6, 6.07) is 10.6. The predicted octanol–water partition coefficient (Wildman–Crippen LogP) is 1.11. The van der Waals surface area contributed by atoms with Gasteiger partial charge in [-0.05, 0) is 25.1 Å². The van der Waals surface area contributed by atoms with Crippen LogP contribution in [0.25, 0.3) is 16.9 Å². The van der Waals surface area contributed by atoms with Crippen LogP contribution in [0.3, 0.4) is 0 Å². The van der Waals surface area contributed by atoms with E-state index in [1.165, 1.54) is 4.57 Å². The van der Waals surface area contributed by atoms with Crippen molar-refractivity contribution in [1.82, 2.24) is 29.6 Å². The maximum atomic E-state index is 12.2. The van der Waals surface area contributed by atoms with Gasteiger partial charge in [0.25, 0.3) is 0 Å². The van der Waals surface area contributed by atoms with E-state index < -0.39 is 5.76 Å². The normalized spacial score (nSPS) is 10.9. The molecule has 1 amide bonds. The maximum absolute atomic E-state index is 12.2. The van der Waals surface area contributed by atoms with Gasteiger partial charge in [0.1, 0.15) is 18.2 Å². The number of carbonyl (C=O) groups excluding carboxylic acids is 1. The van der Waals surface area contributed by atoms with Crippen LogP contribution in [0, 0.1) is 6.92 Å². The number of fused-ring (bicyclic) bond motifs is 1. The Morgan fingerprint density at radius 3 is 2.86 bits per heavy atom. The van der Waals surface area contributed by atoms with Gasteiger partial charge in [-0.1, -0.05) is 12.1 Å². The lowest BCUT2D eigenvalue weighted by Crippen LogP contribution is -2.33. The molecular formula is C19H19N7O3. The van der Waals surface area contributed by atoms with Crippen molar-refractivity contribution in [2.75, 3.05) is 18.4 Å². The summed E-state index contributed by atoms with van der Waals surface area (Å²) in [5.74, 6) is 1.06. The van der Waals surface area contributed by atoms with Crippen molar-refractivity contribution in [3.8, 4) is 5.82 Å². The van der Waals surface area contributed by atoms with Crippen molar-refractivity contribution in [1.29, 1.82) is 0 Å². The Balaban J connectivity index is 1.32. The van der Waals surface area contributed by atoms with Crippen LogP contribution >= 0.6 is 0 Å². The number of nitrogens with one attached hydrogen (secondary N) is 2. The van der Waals surface area contributed by atoms with Crippen LogP contribution in [-0.4, -0.2) is 43.3 Å². The molecule has 2 N–H and O–H groups in total. The molecule has 4 aromatic rings. The average Bonchev–Trinajstić information content (AvgIpc) is 3.34. The zero-order valence-corrected chi connectivity index (χ0v) is 15.7. The van der Waals surface area contributed by atoms with Crippen LogP contribution in [0.4, 0.5) is 5.82 Å². The highest BCUT2D eigenvalue weighted by Gasteiger charge is 2.12. The molecular weight excluding hydrogens is 374 g/mol. The third-order valence-electron chi connectivity index (χ3n) is 4.19. The first kappa shape index (κ1) is 18.4. The van der Waals surface area contributed by atoms with Crippen molar-refractivity contribution in [2.45, 2.75) is 13.5 Å². The molecule has 0 radical (unpaired) electrons. The predicted molar refractivity (Wildman–Crippen MR) is 106 cm³/mol. The number of hydrogen-bond donors (Lipinski definition) is 2. The van der Waals surface area contributed by atoms with E-state index in [0.717, 1.165) is 0 Å². The van der Waals surface area contributed by atoms with Gasteiger partial charge < -0.3 is 15.1 Å². The van der Waals surface area contributed by atoms with Gasteiger partial charge in [-0.2, -0.15) is 5.10 Å². The van der Waals surface area contributed by atoms with Gasteiger partial charge in [-0.25, -0.2) is 19.4 Å². The number of nitrogens with zero attached hydrogens (tertiary/aromatic N) is 5. The summed E-state index contributed by atoms with van der Waals surface area (Å²) < 4.78 is 8.09. The molecule has 0 saturated carbocycles. The number of carbonyl (C=O) groups is 1. The quantitative estimate of drug-likeness (QED) is 0.451. The molecule has 0 bridgehead atoms. The molecule has 0 saturated heterocycles. The zero-order valence-electron chi connectivity index (χ0n) is 15.7. The molecule has 0 spiro atoms. The van der Waals surface area contributed by atoms with Gasteiger partial charge in [0.2, 0.25) is 5.91 Å². The van der Waals surface area contributed by atoms with E-state index in [1.54, 1.807) is 54.3 Å². The van der Waals surface area contributed by atoms with Crippen LogP contribution in [0.15, 0.2) is 58.0 Å². The van der Waals surface area contributed by atoms with Crippen LogP contribution in [-0.2, 0) is 11.3 Å². The molecule has 3 aromatic heterocycles. The summed E-state index contributed by atoms with van der Waals surface area (Å²) in [7, 11) is 0. The third kappa shape index (κ3) is 4.15. The summed E-state index contributed by atoms with van der Waals surface area (Å²) in [5.41, 5.74) is 1.05. The second-order valence-electron chi connectivity index (χ2n) is 6.31. The van der Waals surface area contributed by atoms with Crippen LogP contribution < -0.4 is 16.4 Å². The lowest BCUT2D eigenvalue weighted by Gasteiger charge is -2.10. The molecule has 0 aliphatic heterocycles. The fraction of sp³-hybridized carbons (Fsp3) is 0.211. The van der Waals surface area contributed by atoms with Crippen molar-refractivity contribution in [3.05, 3.63) is 65.2 Å². The van der Waals surface area contributed by atoms with Gasteiger partial charge in [0.15, 0.2) is 11.4 Å². The highest BCUT2D eigenvalue weighted by Crippen LogP contribution is 2.11. The highest BCUT2D eigenvalue weighted by molar-refractivity contribution is 5.79. The summed E-state index contributed by atoms with van der Waals surface area (Å²) in [5, 5.41) is 10.1. The van der Waals surface area contributed by atoms with Gasteiger partial charge in [-0.3, -0.25) is 9.36 Å². The molecule has 0 fully saturated rings. The lowest BCUT2D eigenvalue weighted by atomic mass is 10.3. The fourth-order valence-electron chi connectivity index (χ4n) is 2.92. The standard InChI is InChI=1S/C19H19N7O3/c1-13-23-16(11-17(24-13)26-10-4-7-22-26)20-8-9-21-18(27)12-25-14-5-2-3-6-15(14)29-19(25)28/h2-7,10-11H,8-9,12H2,1H3,(H,21,27)(H,20,23,24). The van der Waals surface area contributed by atoms with Gasteiger partial charge in [0.05, 0.1) is 5.52 Å². The monoisotopic (exact) mass is 393 g/mol. The van der Waals surface area contributed by atoms with Crippen LogP contribution in [0.5, 0.6) is 0 Å². The van der Waals surface area contributed by atoms with Gasteiger partial charge >= 0.3 is 5.76 Å². The lowest BCUT2D eigenvalue weighted by molar-refractivity contribution is -0.121. The smallest absolute Gasteiger partial charge is 0.408 e. The number of benzene rings is 1. The summed E-state index contributed by atoms with van der Waals surface area (Å²) >= 11 is 0. The van der Waals surface area contributed by atoms with Crippen molar-refractivity contribution in [2.24, 2.45) is 0 Å². The van der Waals surface area contributed by atoms with E-state index in [2.05, 4.69) is 25.7 Å². The number of para-hydroxylation sites is 2. The van der Waals surface area contributed by atoms with E-state index in [4.69, 9.17) is 4.42 Å². The van der Waals surface area contributed by atoms with E-state index in [0.29, 0.717) is 41.6 Å². The van der Waals surface area contributed by atoms with Crippen molar-refractivity contribution in [3.63, 3.8) is 0 Å². The largest absolute Gasteiger partial charge is 0.420 e. The minimum atomic E-state index is -0.554. The SMILES string of the molecule is Cc1nc(NCCNC(=O)Cn2c(=O)oc3ccccc32)cc(-n2cccn2)n1. The molecule has 29 heavy (non-hydrogen) atoms. The molecule has 4 rings (SSSR count). The molecule has 10 heteroatoms. The Hall–Kier alpha value is -3.95. The molecule has 0 aliphatic carbocycles. The molecule has 3 heterocycles. The van der Waals surface area contributed by atoms with Gasteiger partial charge in [-0.15, -0.1) is 0 Å². The van der Waals surface area contributed by atoms with E-state index in [9.17, 15) is 9.59 Å². The van der Waals surface area contributed by atoms with Crippen molar-refractivity contribution < 1.29 is 9.21 Å². The van der Waals surface area contributed by atoms with E-state index >= 15 is 0 Å². The topological polar surface area (TPSA) is 120 Å². The number of oxazole rings is 1. The summed E-state index contributed by atoms with van der Waals surface area (Å²) in [6.45, 7) is 2.52. The summed E-state index contributed by atoms with van der Waals surface area (Å²) in [4.78, 5) is 32.8. The second kappa shape index (κ2) is 7.97. The number of anilines is 1. The zero-order chi connectivity index (χ0) is 20.2. The third-order valence-corrected chi connectivity index (χ3v) is 4.19. The number of hydrogen-bond acceptors (Lipinski definition) is 7. The second-order valence-corrected chi connectivity index (χ2v) is 6.31. The molecule has 0 aliphatic rings. The Morgan fingerprint density at radius 2 is 2.03 bits per heavy atom. The molecule has 10 nitrogen and oxygen atoms in total. The summed E-state index contributed by atoms with van der Waals surface area (Å²) in [6.07, 6.45) is 3.47. The number of amides is 1. The Labute approximate surface area is 165 Å². The Bertz CT molecular complexity index is 1190. The van der Waals surface area contributed by atoms with Crippen LogP contribution in [0.1, 0.15) is 5.82 Å². The van der Waals surface area contributed by atoms with Gasteiger partial charge in [0, 0.05) is 31.5 Å². The number of rotatable bonds is 7.